The Balaban J connectivity index is 1.79. The first-order valence-corrected chi connectivity index (χ1v) is 9.08. The van der Waals surface area contributed by atoms with Crippen LogP contribution in [0, 0.1) is 13.8 Å². The smallest absolute Gasteiger partial charge is 0.298 e. The average molecular weight is 363 g/mol. The van der Waals surface area contributed by atoms with Gasteiger partial charge in [0.05, 0.1) is 23.0 Å². The second kappa shape index (κ2) is 6.72. The van der Waals surface area contributed by atoms with Gasteiger partial charge in [0.1, 0.15) is 0 Å². The minimum absolute atomic E-state index is 0.202. The molecule has 0 bridgehead atoms. The highest BCUT2D eigenvalue weighted by atomic mass is 32.1. The van der Waals surface area contributed by atoms with Crippen LogP contribution in [0.15, 0.2) is 59.3 Å². The summed E-state index contributed by atoms with van der Waals surface area (Å²) in [4.78, 5) is 19.4. The van der Waals surface area contributed by atoms with E-state index < -0.39 is 0 Å². The number of nitrogens with zero attached hydrogens (tertiary/aromatic N) is 3. The van der Waals surface area contributed by atoms with E-state index in [4.69, 9.17) is 9.51 Å². The van der Waals surface area contributed by atoms with Gasteiger partial charge in [0.2, 0.25) is 5.76 Å². The molecule has 0 spiro atoms. The van der Waals surface area contributed by atoms with Crippen LogP contribution in [-0.4, -0.2) is 16.0 Å². The van der Waals surface area contributed by atoms with Crippen LogP contribution in [-0.2, 0) is 6.54 Å². The van der Waals surface area contributed by atoms with Crippen LogP contribution in [0.3, 0.4) is 0 Å². The number of hydrogen-bond acceptors (Lipinski definition) is 5. The fraction of sp³-hybridized carbons (Fsp3) is 0.150. The predicted molar refractivity (Wildman–Crippen MR) is 103 cm³/mol. The number of carbonyl (C=O) groups excluding carboxylic acids is 1. The first kappa shape index (κ1) is 16.5. The predicted octanol–water partition coefficient (Wildman–Crippen LogP) is 4.75. The van der Waals surface area contributed by atoms with Crippen LogP contribution in [0.4, 0.5) is 5.13 Å². The van der Waals surface area contributed by atoms with E-state index in [2.05, 4.69) is 31.1 Å². The minimum atomic E-state index is -0.250. The van der Waals surface area contributed by atoms with Crippen molar-refractivity contribution in [3.8, 4) is 0 Å². The molecule has 0 N–H and O–H groups in total. The second-order valence-electron chi connectivity index (χ2n) is 6.10. The normalized spacial score (nSPS) is 11.0. The van der Waals surface area contributed by atoms with Crippen molar-refractivity contribution in [1.82, 2.24) is 10.1 Å². The summed E-state index contributed by atoms with van der Waals surface area (Å²) in [5.41, 5.74) is 4.28. The highest BCUT2D eigenvalue weighted by molar-refractivity contribution is 7.22. The Morgan fingerprint density at radius 2 is 1.92 bits per heavy atom. The second-order valence-corrected chi connectivity index (χ2v) is 7.11. The number of benzene rings is 2. The quantitative estimate of drug-likeness (QED) is 0.525. The maximum Gasteiger partial charge on any atom is 0.298 e. The number of carbonyl (C=O) groups is 1. The molecule has 0 saturated heterocycles. The van der Waals surface area contributed by atoms with Crippen LogP contribution in [0.1, 0.15) is 27.2 Å². The van der Waals surface area contributed by atoms with Gasteiger partial charge in [-0.05, 0) is 36.6 Å². The molecule has 1 amide bonds. The van der Waals surface area contributed by atoms with Gasteiger partial charge in [-0.25, -0.2) is 4.98 Å². The summed E-state index contributed by atoms with van der Waals surface area (Å²) in [6, 6.07) is 15.6. The van der Waals surface area contributed by atoms with E-state index in [-0.39, 0.29) is 11.7 Å². The van der Waals surface area contributed by atoms with Crippen LogP contribution in [0.2, 0.25) is 0 Å². The Bertz CT molecular complexity index is 1060. The van der Waals surface area contributed by atoms with E-state index in [1.165, 1.54) is 23.1 Å². The van der Waals surface area contributed by atoms with Gasteiger partial charge in [-0.15, -0.1) is 0 Å². The minimum Gasteiger partial charge on any atom is -0.351 e. The number of fused-ring (bicyclic) bond motifs is 1. The maximum atomic E-state index is 13.0. The summed E-state index contributed by atoms with van der Waals surface area (Å²) in [6.45, 7) is 4.54. The number of rotatable bonds is 4. The fourth-order valence-electron chi connectivity index (χ4n) is 2.78. The van der Waals surface area contributed by atoms with Gasteiger partial charge in [0, 0.05) is 6.07 Å². The lowest BCUT2D eigenvalue weighted by Gasteiger charge is -2.18. The molecule has 0 unspecified atom stereocenters. The summed E-state index contributed by atoms with van der Waals surface area (Å²) in [5, 5.41) is 4.31. The molecule has 4 aromatic rings. The first-order chi connectivity index (χ1) is 12.6. The molecule has 0 radical (unpaired) electrons. The molecule has 6 heteroatoms. The standard InChI is InChI=1S/C20H17N3O2S/c1-13-8-9-17-18(14(13)2)22-20(26-17)23(12-15-6-4-3-5-7-15)19(24)16-10-11-21-25-16/h3-11H,12H2,1-2H3. The summed E-state index contributed by atoms with van der Waals surface area (Å²) in [5.74, 6) is -0.0483. The van der Waals surface area contributed by atoms with Crippen LogP contribution < -0.4 is 4.90 Å². The molecule has 0 fully saturated rings. The highest BCUT2D eigenvalue weighted by Gasteiger charge is 2.24. The topological polar surface area (TPSA) is 59.2 Å². The number of hydrogen-bond donors (Lipinski definition) is 0. The molecule has 2 heterocycles. The summed E-state index contributed by atoms with van der Waals surface area (Å²) in [7, 11) is 0. The van der Waals surface area contributed by atoms with Crippen molar-refractivity contribution in [2.75, 3.05) is 4.90 Å². The van der Waals surface area contributed by atoms with Crippen molar-refractivity contribution in [2.45, 2.75) is 20.4 Å². The lowest BCUT2D eigenvalue weighted by Crippen LogP contribution is -2.30. The van der Waals surface area contributed by atoms with Gasteiger partial charge < -0.3 is 4.52 Å². The molecular formula is C20H17N3O2S. The van der Waals surface area contributed by atoms with Gasteiger partial charge >= 0.3 is 0 Å². The monoisotopic (exact) mass is 363 g/mol. The Labute approximate surface area is 154 Å². The molecule has 26 heavy (non-hydrogen) atoms. The number of amides is 1. The largest absolute Gasteiger partial charge is 0.351 e. The Morgan fingerprint density at radius 3 is 2.65 bits per heavy atom. The molecule has 5 nitrogen and oxygen atoms in total. The number of thiazole rings is 1. The van der Waals surface area contributed by atoms with Gasteiger partial charge in [-0.3, -0.25) is 9.69 Å². The van der Waals surface area contributed by atoms with Crippen molar-refractivity contribution >= 4 is 32.6 Å². The zero-order valence-electron chi connectivity index (χ0n) is 14.5. The fourth-order valence-corrected chi connectivity index (χ4v) is 3.80. The average Bonchev–Trinajstić information content (AvgIpc) is 3.33. The van der Waals surface area contributed by atoms with Crippen molar-refractivity contribution in [2.24, 2.45) is 0 Å². The first-order valence-electron chi connectivity index (χ1n) is 8.26. The molecule has 0 aliphatic carbocycles. The summed E-state index contributed by atoms with van der Waals surface area (Å²) < 4.78 is 6.15. The summed E-state index contributed by atoms with van der Waals surface area (Å²) >= 11 is 1.51. The molecule has 4 rings (SSSR count). The van der Waals surface area contributed by atoms with Gasteiger partial charge in [-0.1, -0.05) is 52.9 Å². The number of aromatic nitrogens is 2. The van der Waals surface area contributed by atoms with E-state index in [9.17, 15) is 4.79 Å². The molecule has 0 aliphatic heterocycles. The van der Waals surface area contributed by atoms with E-state index in [0.717, 1.165) is 21.3 Å². The lowest BCUT2D eigenvalue weighted by atomic mass is 10.1. The van der Waals surface area contributed by atoms with Crippen LogP contribution >= 0.6 is 11.3 Å². The molecule has 130 valence electrons. The molecule has 2 aromatic carbocycles. The molecule has 0 saturated carbocycles. The molecule has 0 aliphatic rings. The van der Waals surface area contributed by atoms with Crippen molar-refractivity contribution in [3.05, 3.63) is 77.2 Å². The van der Waals surface area contributed by atoms with Crippen molar-refractivity contribution in [3.63, 3.8) is 0 Å². The number of anilines is 1. The third-order valence-electron chi connectivity index (χ3n) is 4.38. The summed E-state index contributed by atoms with van der Waals surface area (Å²) in [6.07, 6.45) is 1.47. The van der Waals surface area contributed by atoms with Gasteiger partial charge in [0.25, 0.3) is 5.91 Å². The van der Waals surface area contributed by atoms with Crippen molar-refractivity contribution < 1.29 is 9.32 Å². The zero-order chi connectivity index (χ0) is 18.1. The Hall–Kier alpha value is -2.99. The van der Waals surface area contributed by atoms with Crippen molar-refractivity contribution in [1.29, 1.82) is 0 Å². The third-order valence-corrected chi connectivity index (χ3v) is 5.43. The molecule has 0 atom stereocenters. The van der Waals surface area contributed by atoms with Crippen LogP contribution in [0.25, 0.3) is 10.2 Å². The zero-order valence-corrected chi connectivity index (χ0v) is 15.3. The molecular weight excluding hydrogens is 346 g/mol. The van der Waals surface area contributed by atoms with E-state index >= 15 is 0 Å². The molecule has 2 aromatic heterocycles. The Morgan fingerprint density at radius 1 is 1.12 bits per heavy atom. The van der Waals surface area contributed by atoms with E-state index in [1.807, 2.05) is 30.3 Å². The third kappa shape index (κ3) is 2.99. The SMILES string of the molecule is Cc1ccc2sc(N(Cc3ccccc3)C(=O)c3ccno3)nc2c1C. The Kier molecular flexibility index (Phi) is 4.26. The van der Waals surface area contributed by atoms with E-state index in [1.54, 1.807) is 11.0 Å². The number of aryl methyl sites for hydroxylation is 2. The van der Waals surface area contributed by atoms with Gasteiger partial charge in [-0.2, -0.15) is 0 Å². The van der Waals surface area contributed by atoms with E-state index in [0.29, 0.717) is 11.7 Å². The lowest BCUT2D eigenvalue weighted by molar-refractivity contribution is 0.0949. The van der Waals surface area contributed by atoms with Crippen LogP contribution in [0.5, 0.6) is 0 Å². The highest BCUT2D eigenvalue weighted by Crippen LogP contribution is 2.33. The van der Waals surface area contributed by atoms with Gasteiger partial charge in [0.15, 0.2) is 5.13 Å². The maximum absolute atomic E-state index is 13.0.